The molecule has 0 unspecified atom stereocenters. The molecule has 0 bridgehead atoms. The molecule has 1 aliphatic rings. The van der Waals surface area contributed by atoms with Crippen LogP contribution >= 0.6 is 0 Å². The molecular weight excluding hydrogens is 319 g/mol. The summed E-state index contributed by atoms with van der Waals surface area (Å²) in [6, 6.07) is 13.5. The number of aryl methyl sites for hydroxylation is 2. The summed E-state index contributed by atoms with van der Waals surface area (Å²) in [6.07, 6.45) is 1.11. The maximum atomic E-state index is 2.31. The minimum atomic E-state index is 0. The van der Waals surface area contributed by atoms with Crippen LogP contribution in [0.15, 0.2) is 36.4 Å². The molecule has 0 aromatic heterocycles. The van der Waals surface area contributed by atoms with Crippen molar-refractivity contribution in [3.8, 4) is 11.1 Å². The average molecular weight is 342 g/mol. The molecule has 0 nitrogen and oxygen atoms in total. The molecule has 1 heteroatoms. The van der Waals surface area contributed by atoms with Crippen molar-refractivity contribution in [3.05, 3.63) is 66.1 Å². The van der Waals surface area contributed by atoms with Gasteiger partial charge in [-0.25, -0.2) is 0 Å². The van der Waals surface area contributed by atoms with E-state index in [9.17, 15) is 0 Å². The first-order valence-electron chi connectivity index (χ1n) is 6.43. The summed E-state index contributed by atoms with van der Waals surface area (Å²) in [5.41, 5.74) is 8.54. The predicted molar refractivity (Wildman–Crippen MR) is 81.9 cm³/mol. The smallest absolute Gasteiger partial charge is 0 e. The molecule has 0 aliphatic heterocycles. The fourth-order valence-electron chi connectivity index (χ4n) is 2.47. The maximum absolute atomic E-state index is 2.31. The van der Waals surface area contributed by atoms with Gasteiger partial charge in [-0.05, 0) is 42.5 Å². The zero-order valence-electron chi connectivity index (χ0n) is 12.5. The fourth-order valence-corrected chi connectivity index (χ4v) is 2.47. The van der Waals surface area contributed by atoms with Crippen LogP contribution < -0.4 is 0 Å². The van der Waals surface area contributed by atoms with Crippen molar-refractivity contribution in [2.45, 2.75) is 34.1 Å². The molecular formula is C18H23Rh-. The van der Waals surface area contributed by atoms with E-state index in [1.165, 1.54) is 33.4 Å². The van der Waals surface area contributed by atoms with Crippen LogP contribution in [0.5, 0.6) is 0 Å². The molecule has 0 N–H and O–H groups in total. The quantitative estimate of drug-likeness (QED) is 0.382. The molecule has 1 aliphatic carbocycles. The second-order valence-electron chi connectivity index (χ2n) is 4.50. The number of rotatable bonds is 0. The van der Waals surface area contributed by atoms with Crippen molar-refractivity contribution in [2.75, 3.05) is 0 Å². The van der Waals surface area contributed by atoms with Gasteiger partial charge in [0.15, 0.2) is 0 Å². The largest absolute Gasteiger partial charge is 0.358 e. The Morgan fingerprint density at radius 3 is 1.47 bits per heavy atom. The molecule has 0 spiro atoms. The maximum Gasteiger partial charge on any atom is 0 e. The molecule has 2 aromatic carbocycles. The second-order valence-corrected chi connectivity index (χ2v) is 4.50. The van der Waals surface area contributed by atoms with Crippen molar-refractivity contribution in [1.82, 2.24) is 0 Å². The minimum Gasteiger partial charge on any atom is -0.358 e. The Balaban J connectivity index is 0.000000776. The Morgan fingerprint density at radius 1 is 0.737 bits per heavy atom. The monoisotopic (exact) mass is 342 g/mol. The Hall–Kier alpha value is -0.937. The van der Waals surface area contributed by atoms with Crippen LogP contribution in [0.1, 0.15) is 36.1 Å². The molecule has 3 rings (SSSR count). The van der Waals surface area contributed by atoms with Crippen LogP contribution in [0, 0.1) is 21.3 Å². The second kappa shape index (κ2) is 7.60. The van der Waals surface area contributed by atoms with E-state index >= 15 is 0 Å². The third-order valence-electron chi connectivity index (χ3n) is 3.19. The molecule has 0 heterocycles. The summed E-state index contributed by atoms with van der Waals surface area (Å²) >= 11 is 0. The summed E-state index contributed by atoms with van der Waals surface area (Å²) < 4.78 is 0. The van der Waals surface area contributed by atoms with Crippen molar-refractivity contribution in [2.24, 2.45) is 0 Å². The van der Waals surface area contributed by atoms with Gasteiger partial charge in [-0.2, -0.15) is 0 Å². The van der Waals surface area contributed by atoms with E-state index in [4.69, 9.17) is 0 Å². The van der Waals surface area contributed by atoms with Gasteiger partial charge in [0.1, 0.15) is 0 Å². The summed E-state index contributed by atoms with van der Waals surface area (Å²) in [6.45, 7) is 8.32. The molecule has 2 aromatic rings. The molecule has 19 heavy (non-hydrogen) atoms. The van der Waals surface area contributed by atoms with E-state index in [1.807, 2.05) is 13.8 Å². The molecule has 0 saturated carbocycles. The van der Waals surface area contributed by atoms with Crippen LogP contribution in [-0.4, -0.2) is 0 Å². The van der Waals surface area contributed by atoms with E-state index in [2.05, 4.69) is 50.2 Å². The van der Waals surface area contributed by atoms with E-state index < -0.39 is 0 Å². The Morgan fingerprint density at radius 2 is 1.11 bits per heavy atom. The van der Waals surface area contributed by atoms with Gasteiger partial charge in [-0.3, -0.25) is 0 Å². The number of fused-ring (bicyclic) bond motifs is 3. The zero-order chi connectivity index (χ0) is 12.4. The molecule has 0 amide bonds. The van der Waals surface area contributed by atoms with Gasteiger partial charge in [0.2, 0.25) is 0 Å². The van der Waals surface area contributed by atoms with Crippen molar-refractivity contribution in [1.29, 1.82) is 0 Å². The van der Waals surface area contributed by atoms with Crippen LogP contribution in [0.4, 0.5) is 0 Å². The van der Waals surface area contributed by atoms with Crippen LogP contribution in [0.2, 0.25) is 0 Å². The van der Waals surface area contributed by atoms with Gasteiger partial charge in [0.05, 0.1) is 0 Å². The van der Waals surface area contributed by atoms with E-state index in [0.717, 1.165) is 6.42 Å². The fraction of sp³-hybridized carbons (Fsp3) is 0.278. The summed E-state index contributed by atoms with van der Waals surface area (Å²) in [5, 5.41) is 0. The van der Waals surface area contributed by atoms with Crippen LogP contribution in [0.3, 0.4) is 0 Å². The van der Waals surface area contributed by atoms with Crippen molar-refractivity contribution >= 4 is 0 Å². The average Bonchev–Trinajstić information content (AvgIpc) is 2.67. The Bertz CT molecular complexity index is 492. The van der Waals surface area contributed by atoms with E-state index in [0.29, 0.717) is 0 Å². The Kier molecular flexibility index (Phi) is 7.23. The van der Waals surface area contributed by atoms with Gasteiger partial charge in [-0.15, -0.1) is 0 Å². The van der Waals surface area contributed by atoms with Crippen molar-refractivity contribution in [3.63, 3.8) is 0 Å². The van der Waals surface area contributed by atoms with Crippen LogP contribution in [-0.2, 0) is 25.9 Å². The van der Waals surface area contributed by atoms with Crippen LogP contribution in [0.25, 0.3) is 11.1 Å². The predicted octanol–water partition coefficient (Wildman–Crippen LogP) is 5.35. The van der Waals surface area contributed by atoms with E-state index in [1.54, 1.807) is 0 Å². The first-order valence-corrected chi connectivity index (χ1v) is 6.43. The molecule has 0 atom stereocenters. The molecule has 1 radical (unpaired) electrons. The van der Waals surface area contributed by atoms with E-state index in [-0.39, 0.29) is 26.9 Å². The summed E-state index contributed by atoms with van der Waals surface area (Å²) in [5.74, 6) is 0. The SMILES string of the molecule is CC.Cc1ccc2c(c1)Cc1cc(C)ccc1-2.[CH3-].[Rh]. The third kappa shape index (κ3) is 3.54. The molecule has 0 fully saturated rings. The zero-order valence-corrected chi connectivity index (χ0v) is 14.1. The van der Waals surface area contributed by atoms with Gasteiger partial charge in [0.25, 0.3) is 0 Å². The molecule has 0 saturated heterocycles. The summed E-state index contributed by atoms with van der Waals surface area (Å²) in [7, 11) is 0. The van der Waals surface area contributed by atoms with Gasteiger partial charge in [0, 0.05) is 19.5 Å². The number of hydrogen-bond donors (Lipinski definition) is 0. The standard InChI is InChI=1S/C15H14.C2H6.CH3.Rh/c1-10-3-5-14-12(7-10)9-13-8-11(2)4-6-15(13)14;1-2;;/h3-8H,9H2,1-2H3;1-2H3;1H3;/q;;-1;. The normalized spacial score (nSPS) is 10.1. The van der Waals surface area contributed by atoms with Gasteiger partial charge < -0.3 is 7.43 Å². The topological polar surface area (TPSA) is 0 Å². The first kappa shape index (κ1) is 18.1. The Labute approximate surface area is 131 Å². The minimum absolute atomic E-state index is 0. The first-order chi connectivity index (χ1) is 8.24. The molecule has 105 valence electrons. The third-order valence-corrected chi connectivity index (χ3v) is 3.19. The number of benzene rings is 2. The van der Waals surface area contributed by atoms with Crippen molar-refractivity contribution < 1.29 is 19.5 Å². The van der Waals surface area contributed by atoms with Gasteiger partial charge >= 0.3 is 0 Å². The summed E-state index contributed by atoms with van der Waals surface area (Å²) in [4.78, 5) is 0. The van der Waals surface area contributed by atoms with Gasteiger partial charge in [-0.1, -0.05) is 61.4 Å². The number of hydrogen-bond acceptors (Lipinski definition) is 0.